The second-order valence-electron chi connectivity index (χ2n) is 11.1. The Morgan fingerprint density at radius 3 is 2.59 bits per heavy atom. The lowest BCUT2D eigenvalue weighted by Gasteiger charge is -2.40. The van der Waals surface area contributed by atoms with Crippen molar-refractivity contribution in [2.45, 2.75) is 39.2 Å². The van der Waals surface area contributed by atoms with E-state index in [1.165, 1.54) is 28.8 Å². The van der Waals surface area contributed by atoms with Gasteiger partial charge in [-0.05, 0) is 37.1 Å². The van der Waals surface area contributed by atoms with E-state index in [0.29, 0.717) is 43.2 Å². The van der Waals surface area contributed by atoms with E-state index in [1.54, 1.807) is 23.2 Å². The molecule has 2 aliphatic rings. The molecule has 2 aliphatic heterocycles. The van der Waals surface area contributed by atoms with E-state index in [-0.39, 0.29) is 64.9 Å². The molecule has 0 radical (unpaired) electrons. The van der Waals surface area contributed by atoms with E-state index in [9.17, 15) is 9.59 Å². The largest absolute Gasteiger partial charge is 0.493 e. The first kappa shape index (κ1) is 29.2. The molecular weight excluding hydrogens is 570 g/mol. The fourth-order valence-electron chi connectivity index (χ4n) is 5.80. The number of halogens is 2. The van der Waals surface area contributed by atoms with Gasteiger partial charge in [0.1, 0.15) is 34.5 Å². The number of carbonyl (C=O) groups excluding carboxylic acids is 1. The van der Waals surface area contributed by atoms with Crippen LogP contribution in [0.25, 0.3) is 28.0 Å². The Balaban J connectivity index is 1.68. The minimum atomic E-state index is -0.810. The van der Waals surface area contributed by atoms with Crippen LogP contribution in [0.1, 0.15) is 38.8 Å². The number of ether oxygens (including phenoxy) is 2. The van der Waals surface area contributed by atoms with Gasteiger partial charge in [0.2, 0.25) is 5.91 Å². The molecule has 1 fully saturated rings. The Bertz CT molecular complexity index is 1840. The van der Waals surface area contributed by atoms with Gasteiger partial charge in [0.25, 0.3) is 0 Å². The topological polar surface area (TPSA) is 103 Å². The van der Waals surface area contributed by atoms with Gasteiger partial charge in [0, 0.05) is 44.4 Å². The first-order valence-electron chi connectivity index (χ1n) is 14.5. The third kappa shape index (κ3) is 5.03. The van der Waals surface area contributed by atoms with Gasteiger partial charge in [-0.1, -0.05) is 26.5 Å². The summed E-state index contributed by atoms with van der Waals surface area (Å²) < 4.78 is 44.9. The summed E-state index contributed by atoms with van der Waals surface area (Å²) in [6, 6.07) is 6.86. The van der Waals surface area contributed by atoms with E-state index in [1.807, 2.05) is 25.7 Å². The smallest absolute Gasteiger partial charge is 0.356 e. The van der Waals surface area contributed by atoms with E-state index in [4.69, 9.17) is 9.47 Å². The van der Waals surface area contributed by atoms with Gasteiger partial charge in [0.15, 0.2) is 11.5 Å². The maximum Gasteiger partial charge on any atom is 0.356 e. The minimum absolute atomic E-state index is 0.0568. The van der Waals surface area contributed by atoms with Crippen LogP contribution in [0.3, 0.4) is 0 Å². The average molecular weight is 603 g/mol. The number of hydrogen-bond acceptors (Lipinski definition) is 8. The van der Waals surface area contributed by atoms with Gasteiger partial charge >= 0.3 is 5.69 Å². The van der Waals surface area contributed by atoms with E-state index < -0.39 is 17.3 Å². The summed E-state index contributed by atoms with van der Waals surface area (Å²) in [6.07, 6.45) is 3.30. The molecule has 0 spiro atoms. The van der Waals surface area contributed by atoms with E-state index >= 15 is 8.78 Å². The lowest BCUT2D eigenvalue weighted by Crippen LogP contribution is -2.54. The van der Waals surface area contributed by atoms with E-state index in [2.05, 4.69) is 21.5 Å². The Kier molecular flexibility index (Phi) is 7.74. The molecule has 10 nitrogen and oxygen atoms in total. The van der Waals surface area contributed by atoms with Crippen molar-refractivity contribution in [1.82, 2.24) is 24.4 Å². The van der Waals surface area contributed by atoms with Crippen molar-refractivity contribution in [2.24, 2.45) is 0 Å². The monoisotopic (exact) mass is 602 g/mol. The highest BCUT2D eigenvalue weighted by Crippen LogP contribution is 2.38. The highest BCUT2D eigenvalue weighted by Gasteiger charge is 2.31. The average Bonchev–Trinajstić information content (AvgIpc) is 3.01. The third-order valence-electron chi connectivity index (χ3n) is 7.89. The number of carbonyl (C=O) groups is 1. The number of fused-ring (bicyclic) bond motifs is 5. The van der Waals surface area contributed by atoms with Crippen molar-refractivity contribution in [3.05, 3.63) is 77.0 Å². The summed E-state index contributed by atoms with van der Waals surface area (Å²) in [6.45, 7) is 10.8. The summed E-state index contributed by atoms with van der Waals surface area (Å²) in [5.74, 6) is -1.15. The molecule has 1 saturated heterocycles. The molecule has 228 valence electrons. The maximum atomic E-state index is 16.2. The number of amides is 1. The predicted molar refractivity (Wildman–Crippen MR) is 162 cm³/mol. The van der Waals surface area contributed by atoms with Gasteiger partial charge in [-0.25, -0.2) is 23.1 Å². The van der Waals surface area contributed by atoms with Crippen LogP contribution in [0, 0.1) is 11.6 Å². The lowest BCUT2D eigenvalue weighted by atomic mass is 10.1. The molecule has 0 N–H and O–H groups in total. The molecule has 12 heteroatoms. The summed E-state index contributed by atoms with van der Waals surface area (Å²) in [4.78, 5) is 43.6. The molecular formula is C32H32F2N6O4. The van der Waals surface area contributed by atoms with Crippen LogP contribution in [-0.4, -0.2) is 69.2 Å². The number of benzene rings is 1. The lowest BCUT2D eigenvalue weighted by molar-refractivity contribution is -0.126. The highest BCUT2D eigenvalue weighted by atomic mass is 19.1. The summed E-state index contributed by atoms with van der Waals surface area (Å²) in [7, 11) is 0. The maximum absolute atomic E-state index is 16.2. The van der Waals surface area contributed by atoms with Gasteiger partial charge in [-0.3, -0.25) is 9.78 Å². The molecule has 0 unspecified atom stereocenters. The Morgan fingerprint density at radius 1 is 1.09 bits per heavy atom. The molecule has 4 aromatic rings. The van der Waals surface area contributed by atoms with Crippen molar-refractivity contribution in [3.63, 3.8) is 0 Å². The second kappa shape index (κ2) is 11.7. The SMILES string of the molecule is C=CC(=O)N1CCN(c2nc(=O)n3c4nc(c(F)cc24)-c2c(F)cccc2OCCCOc2ccnc(C(C)C)c2-3)[C@@H](C)C1. The number of aromatic nitrogens is 4. The van der Waals surface area contributed by atoms with E-state index in [0.717, 1.165) is 0 Å². The summed E-state index contributed by atoms with van der Waals surface area (Å²) in [5, 5.41) is 0.236. The number of nitrogens with zero attached hydrogens (tertiary/aromatic N) is 6. The Hall–Kier alpha value is -4.87. The molecule has 2 bridgehead atoms. The second-order valence-corrected chi connectivity index (χ2v) is 11.1. The van der Waals surface area contributed by atoms with Gasteiger partial charge in [-0.15, -0.1) is 0 Å². The Morgan fingerprint density at radius 2 is 1.86 bits per heavy atom. The number of pyridine rings is 2. The van der Waals surface area contributed by atoms with Crippen LogP contribution in [0.2, 0.25) is 0 Å². The molecule has 0 saturated carbocycles. The molecule has 3 aromatic heterocycles. The minimum Gasteiger partial charge on any atom is -0.493 e. The van der Waals surface area contributed by atoms with Crippen LogP contribution in [0.15, 0.2) is 54.0 Å². The van der Waals surface area contributed by atoms with Gasteiger partial charge in [0.05, 0.1) is 29.9 Å². The zero-order valence-electron chi connectivity index (χ0n) is 24.7. The number of piperazine rings is 1. The van der Waals surface area contributed by atoms with Crippen molar-refractivity contribution < 1.29 is 23.0 Å². The zero-order chi connectivity index (χ0) is 31.1. The zero-order valence-corrected chi connectivity index (χ0v) is 24.7. The van der Waals surface area contributed by atoms with Gasteiger partial charge in [-0.2, -0.15) is 4.98 Å². The molecule has 1 atom stereocenters. The van der Waals surface area contributed by atoms with Crippen LogP contribution >= 0.6 is 0 Å². The van der Waals surface area contributed by atoms with Crippen LogP contribution < -0.4 is 20.1 Å². The van der Waals surface area contributed by atoms with Crippen LogP contribution in [0.4, 0.5) is 14.6 Å². The summed E-state index contributed by atoms with van der Waals surface area (Å²) >= 11 is 0. The number of hydrogen-bond donors (Lipinski definition) is 0. The first-order chi connectivity index (χ1) is 21.2. The predicted octanol–water partition coefficient (Wildman–Crippen LogP) is 4.63. The fraction of sp³-hybridized carbons (Fsp3) is 0.344. The first-order valence-corrected chi connectivity index (χ1v) is 14.5. The standard InChI is InChI=1S/C32H32F2N6O4/c1-5-25(41)38-12-13-39(19(4)17-38)30-20-16-22(34)28-26-21(33)8-6-9-23(26)43-14-7-15-44-24-10-11-35-27(18(2)3)29(24)40(31(20)36-28)32(42)37-30/h5-6,8-11,16,18-19H,1,7,12-15,17H2,2-4H3/t19-/m0/s1. The quantitative estimate of drug-likeness (QED) is 0.313. The van der Waals surface area contributed by atoms with Crippen molar-refractivity contribution in [3.8, 4) is 28.4 Å². The summed E-state index contributed by atoms with van der Waals surface area (Å²) in [5.41, 5.74) is -0.192. The molecule has 44 heavy (non-hydrogen) atoms. The molecule has 1 aromatic carbocycles. The fourth-order valence-corrected chi connectivity index (χ4v) is 5.80. The normalized spacial score (nSPS) is 16.7. The third-order valence-corrected chi connectivity index (χ3v) is 7.89. The van der Waals surface area contributed by atoms with Crippen molar-refractivity contribution in [2.75, 3.05) is 37.7 Å². The number of rotatable bonds is 3. The molecule has 1 amide bonds. The van der Waals surface area contributed by atoms with Crippen LogP contribution in [0.5, 0.6) is 11.5 Å². The molecule has 6 rings (SSSR count). The van der Waals surface area contributed by atoms with Crippen molar-refractivity contribution >= 4 is 22.8 Å². The molecule has 0 aliphatic carbocycles. The number of anilines is 1. The Labute approximate surface area is 252 Å². The van der Waals surface area contributed by atoms with Crippen LogP contribution in [-0.2, 0) is 4.79 Å². The molecule has 5 heterocycles. The van der Waals surface area contributed by atoms with Crippen molar-refractivity contribution in [1.29, 1.82) is 0 Å². The van der Waals surface area contributed by atoms with Gasteiger partial charge < -0.3 is 19.3 Å². The highest BCUT2D eigenvalue weighted by molar-refractivity contribution is 5.91.